The van der Waals surface area contributed by atoms with E-state index in [0.29, 0.717) is 21.5 Å². The lowest BCUT2D eigenvalue weighted by molar-refractivity contribution is 0.561. The van der Waals surface area contributed by atoms with Crippen LogP contribution in [0, 0.1) is 0 Å². The summed E-state index contributed by atoms with van der Waals surface area (Å²) < 4.78 is 6.08. The van der Waals surface area contributed by atoms with Crippen LogP contribution in [0.3, 0.4) is 0 Å². The molecular formula is C13H17N7O2S. The molecule has 0 unspecified atom stereocenters. The van der Waals surface area contributed by atoms with Crippen molar-refractivity contribution in [1.82, 2.24) is 33.4 Å². The Labute approximate surface area is 135 Å². The molecule has 0 spiro atoms. The number of hydrogen-bond acceptors (Lipinski definition) is 6. The van der Waals surface area contributed by atoms with Crippen molar-refractivity contribution in [3.63, 3.8) is 0 Å². The highest BCUT2D eigenvalue weighted by atomic mass is 32.2. The normalized spacial score (nSPS) is 11.7. The summed E-state index contributed by atoms with van der Waals surface area (Å²) in [4.78, 5) is 29.2. The Morgan fingerprint density at radius 1 is 1.09 bits per heavy atom. The van der Waals surface area contributed by atoms with Crippen molar-refractivity contribution in [2.24, 2.45) is 21.1 Å². The first-order valence-corrected chi connectivity index (χ1v) is 7.84. The van der Waals surface area contributed by atoms with Crippen molar-refractivity contribution in [1.29, 1.82) is 0 Å². The molecule has 0 aliphatic rings. The molecule has 122 valence electrons. The standard InChI is InChI=1S/C13H17N7O2S/c1-7(2)20-8-9(18(4)13(22)19(5)10(8)21)15-11(20)23-12-16-14-6-17(12)3/h6-7H,1-5H3. The van der Waals surface area contributed by atoms with Gasteiger partial charge in [0.1, 0.15) is 6.33 Å². The van der Waals surface area contributed by atoms with Crippen molar-refractivity contribution in [2.75, 3.05) is 0 Å². The molecule has 0 saturated carbocycles. The topological polar surface area (TPSA) is 92.5 Å². The third-order valence-corrected chi connectivity index (χ3v) is 4.65. The maximum Gasteiger partial charge on any atom is 0.332 e. The van der Waals surface area contributed by atoms with Crippen LogP contribution in [0.25, 0.3) is 11.2 Å². The zero-order valence-corrected chi connectivity index (χ0v) is 14.3. The molecule has 0 atom stereocenters. The second-order valence-electron chi connectivity index (χ2n) is 5.56. The second kappa shape index (κ2) is 5.37. The van der Waals surface area contributed by atoms with Gasteiger partial charge in [0.25, 0.3) is 5.56 Å². The molecule has 3 rings (SSSR count). The number of aryl methyl sites for hydroxylation is 2. The summed E-state index contributed by atoms with van der Waals surface area (Å²) in [7, 11) is 4.91. The number of imidazole rings is 1. The van der Waals surface area contributed by atoms with Crippen LogP contribution < -0.4 is 11.2 Å². The fraction of sp³-hybridized carbons (Fsp3) is 0.462. The van der Waals surface area contributed by atoms with Gasteiger partial charge in [0, 0.05) is 27.2 Å². The van der Waals surface area contributed by atoms with Crippen LogP contribution >= 0.6 is 11.8 Å². The van der Waals surface area contributed by atoms with Crippen LogP contribution in [-0.2, 0) is 21.1 Å². The summed E-state index contributed by atoms with van der Waals surface area (Å²) in [6.07, 6.45) is 1.60. The molecule has 0 N–H and O–H groups in total. The number of hydrogen-bond donors (Lipinski definition) is 0. The Bertz CT molecular complexity index is 1010. The summed E-state index contributed by atoms with van der Waals surface area (Å²) in [5.41, 5.74) is 0.0333. The first-order valence-electron chi connectivity index (χ1n) is 7.02. The fourth-order valence-corrected chi connectivity index (χ4v) is 3.37. The minimum atomic E-state index is -0.397. The van der Waals surface area contributed by atoms with Gasteiger partial charge >= 0.3 is 5.69 Å². The van der Waals surface area contributed by atoms with E-state index in [1.807, 2.05) is 25.5 Å². The Balaban J connectivity index is 2.35. The first kappa shape index (κ1) is 15.5. The molecular weight excluding hydrogens is 318 g/mol. The number of aromatic nitrogens is 7. The third-order valence-electron chi connectivity index (χ3n) is 3.63. The highest BCUT2D eigenvalue weighted by Gasteiger charge is 2.22. The van der Waals surface area contributed by atoms with E-state index in [-0.39, 0.29) is 11.6 Å². The molecule has 3 aromatic heterocycles. The van der Waals surface area contributed by atoms with E-state index in [4.69, 9.17) is 0 Å². The van der Waals surface area contributed by atoms with Crippen molar-refractivity contribution in [2.45, 2.75) is 30.2 Å². The van der Waals surface area contributed by atoms with Gasteiger partial charge in [-0.3, -0.25) is 13.9 Å². The molecule has 0 aliphatic carbocycles. The Kier molecular flexibility index (Phi) is 3.63. The molecule has 0 aliphatic heterocycles. The van der Waals surface area contributed by atoms with Crippen molar-refractivity contribution >= 4 is 22.9 Å². The van der Waals surface area contributed by atoms with E-state index in [2.05, 4.69) is 15.2 Å². The lowest BCUT2D eigenvalue weighted by Crippen LogP contribution is -2.37. The highest BCUT2D eigenvalue weighted by Crippen LogP contribution is 2.29. The molecule has 0 amide bonds. The maximum absolute atomic E-state index is 12.6. The van der Waals surface area contributed by atoms with E-state index in [1.54, 1.807) is 17.9 Å². The van der Waals surface area contributed by atoms with Crippen LogP contribution in [0.5, 0.6) is 0 Å². The van der Waals surface area contributed by atoms with Crippen LogP contribution in [0.15, 0.2) is 26.2 Å². The molecule has 0 aromatic carbocycles. The predicted octanol–water partition coefficient (Wildman–Crippen LogP) is 0.294. The fourth-order valence-electron chi connectivity index (χ4n) is 2.39. The molecule has 3 aromatic rings. The smallest absolute Gasteiger partial charge is 0.311 e. The summed E-state index contributed by atoms with van der Waals surface area (Å²) >= 11 is 1.31. The maximum atomic E-state index is 12.6. The molecule has 3 heterocycles. The number of nitrogens with zero attached hydrogens (tertiary/aromatic N) is 7. The molecule has 9 nitrogen and oxygen atoms in total. The van der Waals surface area contributed by atoms with Gasteiger partial charge < -0.3 is 9.13 Å². The van der Waals surface area contributed by atoms with Gasteiger partial charge in [-0.05, 0) is 25.6 Å². The van der Waals surface area contributed by atoms with Crippen molar-refractivity contribution in [3.05, 3.63) is 27.2 Å². The third kappa shape index (κ3) is 2.29. The quantitative estimate of drug-likeness (QED) is 0.683. The van der Waals surface area contributed by atoms with Crippen molar-refractivity contribution < 1.29 is 0 Å². The Hall–Kier alpha value is -2.36. The van der Waals surface area contributed by atoms with E-state index in [0.717, 1.165) is 4.57 Å². The van der Waals surface area contributed by atoms with Gasteiger partial charge in [-0.2, -0.15) is 0 Å². The summed E-state index contributed by atoms with van der Waals surface area (Å²) in [6.45, 7) is 3.93. The molecule has 23 heavy (non-hydrogen) atoms. The second-order valence-corrected chi connectivity index (χ2v) is 6.50. The van der Waals surface area contributed by atoms with E-state index in [1.165, 1.54) is 23.4 Å². The van der Waals surface area contributed by atoms with Gasteiger partial charge in [-0.1, -0.05) is 0 Å². The lowest BCUT2D eigenvalue weighted by atomic mass is 10.4. The van der Waals surface area contributed by atoms with Gasteiger partial charge in [0.05, 0.1) is 0 Å². The van der Waals surface area contributed by atoms with Crippen LogP contribution in [-0.4, -0.2) is 33.4 Å². The first-order chi connectivity index (χ1) is 10.8. The van der Waals surface area contributed by atoms with Crippen LogP contribution in [0.4, 0.5) is 0 Å². The SMILES string of the molecule is CC(C)n1c(Sc2nncn2C)nc2c1c(=O)n(C)c(=O)n2C. The predicted molar refractivity (Wildman–Crippen MR) is 85.7 cm³/mol. The van der Waals surface area contributed by atoms with Crippen LogP contribution in [0.1, 0.15) is 19.9 Å². The van der Waals surface area contributed by atoms with Gasteiger partial charge in [-0.25, -0.2) is 9.78 Å². The number of fused-ring (bicyclic) bond motifs is 1. The molecule has 0 radical (unpaired) electrons. The van der Waals surface area contributed by atoms with Crippen LogP contribution in [0.2, 0.25) is 0 Å². The monoisotopic (exact) mass is 335 g/mol. The molecule has 0 saturated heterocycles. The molecule has 10 heteroatoms. The zero-order chi connectivity index (χ0) is 16.9. The van der Waals surface area contributed by atoms with E-state index >= 15 is 0 Å². The summed E-state index contributed by atoms with van der Waals surface area (Å²) in [6, 6.07) is 0.000861. The molecule has 0 fully saturated rings. The zero-order valence-electron chi connectivity index (χ0n) is 13.5. The Morgan fingerprint density at radius 2 is 1.78 bits per heavy atom. The van der Waals surface area contributed by atoms with Crippen molar-refractivity contribution in [3.8, 4) is 0 Å². The van der Waals surface area contributed by atoms with Gasteiger partial charge in [-0.15, -0.1) is 10.2 Å². The minimum absolute atomic E-state index is 0.000861. The van der Waals surface area contributed by atoms with Gasteiger partial charge in [0.15, 0.2) is 21.5 Å². The highest BCUT2D eigenvalue weighted by molar-refractivity contribution is 7.99. The van der Waals surface area contributed by atoms with E-state index in [9.17, 15) is 9.59 Å². The number of rotatable bonds is 3. The Morgan fingerprint density at radius 3 is 2.35 bits per heavy atom. The van der Waals surface area contributed by atoms with E-state index < -0.39 is 5.69 Å². The summed E-state index contributed by atoms with van der Waals surface area (Å²) in [5, 5.41) is 9.13. The largest absolute Gasteiger partial charge is 0.332 e. The average molecular weight is 335 g/mol. The average Bonchev–Trinajstić information content (AvgIpc) is 3.07. The molecule has 0 bridgehead atoms. The minimum Gasteiger partial charge on any atom is -0.311 e. The van der Waals surface area contributed by atoms with Gasteiger partial charge in [0.2, 0.25) is 0 Å². The summed E-state index contributed by atoms with van der Waals surface area (Å²) in [5.74, 6) is 0. The lowest BCUT2D eigenvalue weighted by Gasteiger charge is -2.12.